The molecule has 0 saturated carbocycles. The van der Waals surface area contributed by atoms with Crippen molar-refractivity contribution in [2.45, 2.75) is 6.10 Å². The van der Waals surface area contributed by atoms with Crippen LogP contribution in [0.2, 0.25) is 0 Å². The third-order valence-corrected chi connectivity index (χ3v) is 3.02. The van der Waals surface area contributed by atoms with Crippen molar-refractivity contribution in [3.8, 4) is 0 Å². The van der Waals surface area contributed by atoms with E-state index in [4.69, 9.17) is 10.2 Å². The van der Waals surface area contributed by atoms with Crippen molar-refractivity contribution >= 4 is 16.8 Å². The Morgan fingerprint density at radius 3 is 2.83 bits per heavy atom. The molecule has 0 saturated heterocycles. The largest absolute Gasteiger partial charge is 0.458 e. The van der Waals surface area contributed by atoms with E-state index in [9.17, 15) is 5.11 Å². The molecule has 0 aliphatic carbocycles. The number of hydrogen-bond donors (Lipinski definition) is 2. The van der Waals surface area contributed by atoms with Crippen LogP contribution in [0.5, 0.6) is 0 Å². The minimum absolute atomic E-state index is 0.433. The Kier molecular flexibility index (Phi) is 2.34. The first-order valence-corrected chi connectivity index (χ1v) is 5.60. The second kappa shape index (κ2) is 3.89. The number of nitrogens with two attached hydrogens (primary N) is 1. The zero-order valence-corrected chi connectivity index (χ0v) is 9.87. The molecule has 1 atom stereocenters. The van der Waals surface area contributed by atoms with Gasteiger partial charge >= 0.3 is 0 Å². The molecule has 3 rings (SSSR count). The Balaban J connectivity index is 2.06. The van der Waals surface area contributed by atoms with Gasteiger partial charge in [-0.25, -0.2) is 0 Å². The molecule has 0 aliphatic rings. The van der Waals surface area contributed by atoms with Crippen molar-refractivity contribution in [1.29, 1.82) is 0 Å². The van der Waals surface area contributed by atoms with Crippen molar-refractivity contribution < 1.29 is 9.52 Å². The molecule has 5 nitrogen and oxygen atoms in total. The molecule has 18 heavy (non-hydrogen) atoms. The summed E-state index contributed by atoms with van der Waals surface area (Å²) in [6.45, 7) is 0. The van der Waals surface area contributed by atoms with E-state index >= 15 is 0 Å². The molecule has 2 heterocycles. The fraction of sp³-hybridized carbons (Fsp3) is 0.154. The molecule has 0 aliphatic heterocycles. The lowest BCUT2D eigenvalue weighted by atomic mass is 10.1. The lowest BCUT2D eigenvalue weighted by molar-refractivity contribution is 0.193. The predicted molar refractivity (Wildman–Crippen MR) is 67.9 cm³/mol. The van der Waals surface area contributed by atoms with Crippen molar-refractivity contribution in [3.05, 3.63) is 47.9 Å². The van der Waals surface area contributed by atoms with Crippen LogP contribution in [0.25, 0.3) is 11.0 Å². The van der Waals surface area contributed by atoms with Gasteiger partial charge in [-0.3, -0.25) is 4.68 Å². The van der Waals surface area contributed by atoms with Gasteiger partial charge in [0.05, 0.1) is 11.8 Å². The van der Waals surface area contributed by atoms with Crippen molar-refractivity contribution in [2.75, 3.05) is 5.73 Å². The Bertz CT molecular complexity index is 666. The summed E-state index contributed by atoms with van der Waals surface area (Å²) in [7, 11) is 1.73. The Morgan fingerprint density at radius 1 is 1.39 bits per heavy atom. The first-order valence-electron chi connectivity index (χ1n) is 5.60. The van der Waals surface area contributed by atoms with E-state index in [1.54, 1.807) is 13.2 Å². The van der Waals surface area contributed by atoms with Gasteiger partial charge in [-0.15, -0.1) is 0 Å². The van der Waals surface area contributed by atoms with Gasteiger partial charge in [0.2, 0.25) is 0 Å². The molecule has 1 aromatic carbocycles. The van der Waals surface area contributed by atoms with Crippen LogP contribution in [-0.2, 0) is 7.05 Å². The summed E-state index contributed by atoms with van der Waals surface area (Å²) in [6.07, 6.45) is 0.652. The number of aromatic nitrogens is 2. The summed E-state index contributed by atoms with van der Waals surface area (Å²) in [6, 6.07) is 9.42. The van der Waals surface area contributed by atoms with Crippen LogP contribution in [0, 0.1) is 0 Å². The molecule has 0 fully saturated rings. The van der Waals surface area contributed by atoms with Gasteiger partial charge in [0.25, 0.3) is 0 Å². The zero-order chi connectivity index (χ0) is 12.7. The van der Waals surface area contributed by atoms with Crippen molar-refractivity contribution in [3.63, 3.8) is 0 Å². The van der Waals surface area contributed by atoms with Gasteiger partial charge in [0, 0.05) is 12.4 Å². The summed E-state index contributed by atoms with van der Waals surface area (Å²) in [5.74, 6) is 0.902. The van der Waals surface area contributed by atoms with E-state index < -0.39 is 6.10 Å². The van der Waals surface area contributed by atoms with E-state index in [-0.39, 0.29) is 0 Å². The van der Waals surface area contributed by atoms with Gasteiger partial charge in [-0.1, -0.05) is 18.2 Å². The highest BCUT2D eigenvalue weighted by Gasteiger charge is 2.20. The van der Waals surface area contributed by atoms with Gasteiger partial charge < -0.3 is 15.3 Å². The SMILES string of the molecule is Cn1ncc(C(O)c2cc3ccccc3o2)c1N. The number of nitrogens with zero attached hydrogens (tertiary/aromatic N) is 2. The first-order chi connectivity index (χ1) is 8.66. The van der Waals surface area contributed by atoms with Crippen LogP contribution in [-0.4, -0.2) is 14.9 Å². The molecule has 3 N–H and O–H groups in total. The highest BCUT2D eigenvalue weighted by molar-refractivity contribution is 5.78. The van der Waals surface area contributed by atoms with Crippen LogP contribution in [0.15, 0.2) is 40.9 Å². The highest BCUT2D eigenvalue weighted by Crippen LogP contribution is 2.30. The first kappa shape index (κ1) is 10.9. The van der Waals surface area contributed by atoms with Crippen LogP contribution < -0.4 is 5.73 Å². The number of furan rings is 1. The maximum Gasteiger partial charge on any atom is 0.142 e. The molecule has 5 heteroatoms. The molecule has 1 unspecified atom stereocenters. The number of hydrogen-bond acceptors (Lipinski definition) is 4. The summed E-state index contributed by atoms with van der Waals surface area (Å²) in [4.78, 5) is 0. The standard InChI is InChI=1S/C13H13N3O2/c1-16-13(14)9(7-15-16)12(17)11-6-8-4-2-3-5-10(8)18-11/h2-7,12,17H,14H2,1H3. The van der Waals surface area contributed by atoms with E-state index in [1.165, 1.54) is 4.68 Å². The molecule has 0 spiro atoms. The van der Waals surface area contributed by atoms with Gasteiger partial charge in [0.1, 0.15) is 23.3 Å². The molecule has 0 radical (unpaired) electrons. The fourth-order valence-corrected chi connectivity index (χ4v) is 1.97. The number of nitrogen functional groups attached to an aromatic ring is 1. The minimum Gasteiger partial charge on any atom is -0.458 e. The number of aliphatic hydroxyl groups is 1. The predicted octanol–water partition coefficient (Wildman–Crippen LogP) is 1.83. The van der Waals surface area contributed by atoms with E-state index in [2.05, 4.69) is 5.10 Å². The third kappa shape index (κ3) is 1.56. The normalized spacial score (nSPS) is 13.0. The molecule has 2 aromatic heterocycles. The second-order valence-corrected chi connectivity index (χ2v) is 4.20. The number of aliphatic hydroxyl groups excluding tert-OH is 1. The fourth-order valence-electron chi connectivity index (χ4n) is 1.97. The second-order valence-electron chi connectivity index (χ2n) is 4.20. The molecular formula is C13H13N3O2. The Hall–Kier alpha value is -2.27. The minimum atomic E-state index is -0.897. The van der Waals surface area contributed by atoms with Gasteiger partial charge in [-0.2, -0.15) is 5.10 Å². The maximum absolute atomic E-state index is 10.3. The smallest absolute Gasteiger partial charge is 0.142 e. The third-order valence-electron chi connectivity index (χ3n) is 3.02. The summed E-state index contributed by atoms with van der Waals surface area (Å²) < 4.78 is 7.12. The van der Waals surface area contributed by atoms with Crippen LogP contribution in [0.1, 0.15) is 17.4 Å². The topological polar surface area (TPSA) is 77.2 Å². The lowest BCUT2D eigenvalue weighted by Gasteiger charge is -2.06. The molecule has 0 amide bonds. The molecule has 0 bridgehead atoms. The highest BCUT2D eigenvalue weighted by atomic mass is 16.4. The molecule has 3 aromatic rings. The van der Waals surface area contributed by atoms with Crippen LogP contribution in [0.4, 0.5) is 5.82 Å². The Morgan fingerprint density at radius 2 is 2.17 bits per heavy atom. The van der Waals surface area contributed by atoms with Crippen LogP contribution in [0.3, 0.4) is 0 Å². The average Bonchev–Trinajstić information content (AvgIpc) is 2.94. The summed E-state index contributed by atoms with van der Waals surface area (Å²) in [5, 5.41) is 15.2. The number of fused-ring (bicyclic) bond motifs is 1. The molecular weight excluding hydrogens is 230 g/mol. The van der Waals surface area contributed by atoms with E-state index in [0.717, 1.165) is 11.0 Å². The average molecular weight is 243 g/mol. The molecule has 92 valence electrons. The quantitative estimate of drug-likeness (QED) is 0.719. The number of rotatable bonds is 2. The summed E-state index contributed by atoms with van der Waals surface area (Å²) in [5.41, 5.74) is 7.13. The number of benzene rings is 1. The van der Waals surface area contributed by atoms with E-state index in [0.29, 0.717) is 17.1 Å². The van der Waals surface area contributed by atoms with Gasteiger partial charge in [0.15, 0.2) is 0 Å². The monoisotopic (exact) mass is 243 g/mol. The van der Waals surface area contributed by atoms with Gasteiger partial charge in [-0.05, 0) is 12.1 Å². The number of aryl methyl sites for hydroxylation is 1. The van der Waals surface area contributed by atoms with Crippen molar-refractivity contribution in [2.24, 2.45) is 7.05 Å². The summed E-state index contributed by atoms with van der Waals surface area (Å²) >= 11 is 0. The van der Waals surface area contributed by atoms with E-state index in [1.807, 2.05) is 30.3 Å². The van der Waals surface area contributed by atoms with Crippen molar-refractivity contribution in [1.82, 2.24) is 9.78 Å². The van der Waals surface area contributed by atoms with Crippen LogP contribution >= 0.6 is 0 Å². The lowest BCUT2D eigenvalue weighted by Crippen LogP contribution is -2.04. The number of para-hydroxylation sites is 1. The zero-order valence-electron chi connectivity index (χ0n) is 9.87. The Labute approximate surface area is 103 Å². The number of anilines is 1. The maximum atomic E-state index is 10.3.